The summed E-state index contributed by atoms with van der Waals surface area (Å²) in [5.74, 6) is 2.43. The van der Waals surface area contributed by atoms with Gasteiger partial charge in [0.05, 0.1) is 13.2 Å². The number of hydrogen-bond acceptors (Lipinski definition) is 33. The van der Waals surface area contributed by atoms with Gasteiger partial charge < -0.3 is 114 Å². The molecule has 1 aromatic carbocycles. The quantitative estimate of drug-likeness (QED) is 0.00961. The zero-order valence-electron chi connectivity index (χ0n) is 85.7. The average Bonchev–Trinajstić information content (AvgIpc) is 1.68. The highest BCUT2D eigenvalue weighted by Gasteiger charge is 2.39. The van der Waals surface area contributed by atoms with Crippen LogP contribution in [0.4, 0.5) is 0 Å². The van der Waals surface area contributed by atoms with E-state index >= 15 is 0 Å². The number of aliphatic carboxylic acids is 7. The van der Waals surface area contributed by atoms with E-state index in [2.05, 4.69) is 68.7 Å². The molecular weight excluding hydrogens is 1900 g/mol. The molecular formula is C107H165N11O29. The second-order valence-corrected chi connectivity index (χ2v) is 38.5. The van der Waals surface area contributed by atoms with Crippen molar-refractivity contribution in [3.05, 3.63) is 108 Å². The number of carbonyl (C=O) groups is 14. The van der Waals surface area contributed by atoms with Crippen LogP contribution in [-0.4, -0.2) is 233 Å². The number of unbranched alkanes of at least 4 members (excludes halogenated alkanes) is 14. The van der Waals surface area contributed by atoms with Crippen molar-refractivity contribution < 1.29 is 141 Å². The summed E-state index contributed by atoms with van der Waals surface area (Å²) >= 11 is 0. The van der Waals surface area contributed by atoms with Crippen molar-refractivity contribution in [2.24, 2.45) is 75.6 Å². The van der Waals surface area contributed by atoms with Gasteiger partial charge in [0.2, 0.25) is 0 Å². The molecule has 2 fully saturated rings. The third-order valence-corrected chi connectivity index (χ3v) is 25.5. The summed E-state index contributed by atoms with van der Waals surface area (Å²) in [6.45, 7) is 3.58. The van der Waals surface area contributed by atoms with Gasteiger partial charge >= 0.3 is 83.6 Å². The first-order chi connectivity index (χ1) is 70.4. The molecule has 15 atom stereocenters. The molecule has 0 spiro atoms. The Kier molecular flexibility index (Phi) is 67.1. The lowest BCUT2D eigenvalue weighted by Gasteiger charge is -2.18. The normalized spacial score (nSPS) is 19.8. The number of carboxylic acid groups (broad SMARTS) is 7. The summed E-state index contributed by atoms with van der Waals surface area (Å²) in [7, 11) is 0. The maximum absolute atomic E-state index is 11.8. The first-order valence-electron chi connectivity index (χ1n) is 52.6. The number of allylic oxidation sites excluding steroid dienone is 5. The summed E-state index contributed by atoms with van der Waals surface area (Å²) in [5.41, 5.74) is 39.6. The number of benzene rings is 1. The zero-order valence-corrected chi connectivity index (χ0v) is 85.7. The Morgan fingerprint density at radius 1 is 0.361 bits per heavy atom. The summed E-state index contributed by atoms with van der Waals surface area (Å²) < 4.78 is 42.4. The summed E-state index contributed by atoms with van der Waals surface area (Å²) in [6, 6.07) is 2.05. The minimum absolute atomic E-state index is 0.0394. The number of ether oxygens (including phenoxy) is 8. The molecule has 0 radical (unpaired) electrons. The number of hydrogen-bond donors (Lipinski definition) is 14. The predicted molar refractivity (Wildman–Crippen MR) is 544 cm³/mol. The summed E-state index contributed by atoms with van der Waals surface area (Å²) in [6.07, 6.45) is 57.6. The lowest BCUT2D eigenvalue weighted by molar-refractivity contribution is -0.151. The van der Waals surface area contributed by atoms with Gasteiger partial charge in [-0.2, -0.15) is 0 Å². The molecule has 4 bridgehead atoms. The van der Waals surface area contributed by atoms with Gasteiger partial charge in [-0.15, -0.1) is 26.3 Å². The molecule has 2 aromatic rings. The smallest absolute Gasteiger partial charge is 0.320 e. The van der Waals surface area contributed by atoms with Crippen molar-refractivity contribution in [3.63, 3.8) is 0 Å². The maximum Gasteiger partial charge on any atom is 0.320 e. The van der Waals surface area contributed by atoms with Crippen LogP contribution in [0.1, 0.15) is 337 Å². The van der Waals surface area contributed by atoms with Crippen molar-refractivity contribution in [2.75, 3.05) is 26.4 Å². The van der Waals surface area contributed by atoms with Crippen LogP contribution in [0.5, 0.6) is 0 Å². The first kappa shape index (κ1) is 128. The van der Waals surface area contributed by atoms with E-state index in [-0.39, 0.29) is 79.4 Å². The van der Waals surface area contributed by atoms with Crippen molar-refractivity contribution >= 4 is 83.6 Å². The monoisotopic (exact) mass is 2070 g/mol. The van der Waals surface area contributed by atoms with Crippen LogP contribution >= 0.6 is 0 Å². The van der Waals surface area contributed by atoms with Crippen LogP contribution in [0.2, 0.25) is 0 Å². The van der Waals surface area contributed by atoms with Crippen molar-refractivity contribution in [3.8, 4) is 11.8 Å². The Labute approximate surface area is 863 Å². The fraction of sp³-hybridized carbons (Fsp3) is 0.682. The molecule has 40 nitrogen and oxygen atoms in total. The largest absolute Gasteiger partial charge is 0.480 e. The molecule has 147 heavy (non-hydrogen) atoms. The van der Waals surface area contributed by atoms with E-state index in [1.165, 1.54) is 19.3 Å². The van der Waals surface area contributed by atoms with Crippen molar-refractivity contribution in [1.82, 2.24) is 20.4 Å². The molecule has 8 aliphatic rings. The number of fused-ring (bicyclic) bond motifs is 4. The highest BCUT2D eigenvalue weighted by atomic mass is 16.6. The topological polar surface area (TPSA) is 688 Å². The van der Waals surface area contributed by atoms with Crippen LogP contribution in [0, 0.1) is 54.3 Å². The number of carbonyl (C=O) groups excluding carboxylic acids is 7. The van der Waals surface area contributed by atoms with Crippen LogP contribution in [0.15, 0.2) is 85.0 Å². The Balaban J connectivity index is 0.000000360. The standard InChI is InChI=1S/C19H25N5O4.C18H29NO5.C16H25NO4.C16H27NO4.C15H23NO4.C12H19NO4.C11H17NO4/c1-13-21-23-17(24-22-13)11-14-7-9-15(10-8-14)12-28-18(25)6-4-2-3-5-16(20)19(26)27;19-16(18(21)22)11-7-4-8-12-17(20)24-14-13-23-15-9-5-2-1-3-6-10-15;17-14(16(19)20)4-2-1-3-5-15(18)21-10-13-9-11-6-7-12(13)8-11;17-14(16(19)20)11-7-4-8-12-15(18)21-13-9-5-2-1-3-6-10-13;16-12(15(18)19)4-2-1-3-5-14(17)20-13-9-10-6-7-11(13)8-10;13-10(12(15)16)4-2-1-3-5-11(14)17-8-9-6-7-9;12-9(11(14)15)4-2-1-3-5-10(13)16-8-6-7-8/h7-10,16H,2-6,11-12,20H2,1H3,(H,26,27);15-16H,1-5,7-9,11-14,19H2,(H,21,22);6-7,11-14H,1-5,8-10,17H2,(H,19,20);1-2,13-14H,3-12,17H2,(H,19,20);6-7,10-13H,1-5,8-9,16H2,(H,18,19);6-7,9-10H,1-5,8,13H2,(H,15,16);6-9H,1-5,12H2,(H,14,15)/b;;;2-1+;;;/t16-;15?,16-;11?,12?,13?,14-;13?,14-;10?,11?,12-,13?;10-;9-/m0000000/s1. The Morgan fingerprint density at radius 2 is 0.755 bits per heavy atom. The predicted octanol–water partition coefficient (Wildman–Crippen LogP) is 12.5. The first-order valence-corrected chi connectivity index (χ1v) is 52.6. The average molecular weight is 2070 g/mol. The molecule has 8 aliphatic carbocycles. The fourth-order valence-electron chi connectivity index (χ4n) is 16.3. The van der Waals surface area contributed by atoms with E-state index in [4.69, 9.17) is 114 Å². The van der Waals surface area contributed by atoms with Crippen LogP contribution in [0.3, 0.4) is 0 Å². The lowest BCUT2D eigenvalue weighted by Crippen LogP contribution is -2.29. The number of nitrogens with two attached hydrogens (primary N) is 7. The fourth-order valence-corrected chi connectivity index (χ4v) is 16.3. The SMILES string of the molecule is Cc1nnc(Cc2ccc(COC(=O)CCCCC[C@H](N)C(=O)O)cc2)nn1.N[C@@H](CCCCCC(=O)OC1C=C1)C(=O)O.N[C@@H](CCCCCC(=O)OC1CC/C=C/CCC1)C(=O)O.N[C@@H](CCCCCC(=O)OC1CC2C=CC1C2)C(=O)O.N[C@@H](CCCCCC(=O)OCC1C=C1)C(=O)O.N[C@@H](CCCCCC(=O)OCC1CC2C=CC1C2)C(=O)O.N[C@@H](CCCCCC(=O)OCCOC1C#CCCCCC1)C(=O)O. The van der Waals surface area contributed by atoms with Gasteiger partial charge in [-0.05, 0) is 221 Å². The lowest BCUT2D eigenvalue weighted by atomic mass is 9.95. The summed E-state index contributed by atoms with van der Waals surface area (Å²) in [5, 5.41) is 76.1. The molecule has 40 heteroatoms. The van der Waals surface area contributed by atoms with Crippen molar-refractivity contribution in [2.45, 2.75) is 401 Å². The molecule has 1 heterocycles. The molecule has 8 unspecified atom stereocenters. The van der Waals surface area contributed by atoms with Gasteiger partial charge in [-0.1, -0.05) is 175 Å². The van der Waals surface area contributed by atoms with Gasteiger partial charge in [0, 0.05) is 69.6 Å². The van der Waals surface area contributed by atoms with E-state index in [1.807, 2.05) is 48.6 Å². The van der Waals surface area contributed by atoms with Crippen molar-refractivity contribution in [1.29, 1.82) is 0 Å². The summed E-state index contributed by atoms with van der Waals surface area (Å²) in [4.78, 5) is 154. The molecule has 822 valence electrons. The number of rotatable bonds is 64. The van der Waals surface area contributed by atoms with E-state index in [0.29, 0.717) is 189 Å². The molecule has 21 N–H and O–H groups in total. The second-order valence-electron chi connectivity index (χ2n) is 38.5. The Bertz CT molecular complexity index is 4460. The highest BCUT2D eigenvalue weighted by Crippen LogP contribution is 2.44. The van der Waals surface area contributed by atoms with Crippen LogP contribution in [0.25, 0.3) is 0 Å². The van der Waals surface area contributed by atoms with Gasteiger partial charge in [0.1, 0.15) is 86.5 Å². The van der Waals surface area contributed by atoms with Crippen LogP contribution < -0.4 is 40.1 Å². The van der Waals surface area contributed by atoms with E-state index < -0.39 is 84.1 Å². The number of aromatic nitrogens is 4. The second kappa shape index (κ2) is 77.1. The molecule has 0 aliphatic heterocycles. The molecule has 10 rings (SSSR count). The molecule has 1 aromatic heterocycles. The third-order valence-electron chi connectivity index (χ3n) is 25.5. The molecule has 2 saturated carbocycles. The highest BCUT2D eigenvalue weighted by molar-refractivity contribution is 5.76. The van der Waals surface area contributed by atoms with Crippen LogP contribution in [-0.2, 0) is 118 Å². The minimum Gasteiger partial charge on any atom is -0.480 e. The number of esters is 7. The van der Waals surface area contributed by atoms with Gasteiger partial charge in [-0.25, -0.2) is 0 Å². The molecule has 0 saturated heterocycles. The Morgan fingerprint density at radius 3 is 1.16 bits per heavy atom. The molecule has 0 amide bonds. The minimum atomic E-state index is -0.995. The van der Waals surface area contributed by atoms with E-state index in [9.17, 15) is 67.1 Å². The number of nitrogens with zero attached hydrogens (tertiary/aromatic N) is 4. The van der Waals surface area contributed by atoms with Gasteiger partial charge in [-0.3, -0.25) is 67.1 Å². The van der Waals surface area contributed by atoms with E-state index in [1.54, 1.807) is 6.92 Å². The number of carboxylic acids is 7. The third kappa shape index (κ3) is 65.2. The zero-order chi connectivity index (χ0) is 108. The number of aryl methyl sites for hydroxylation is 1. The van der Waals surface area contributed by atoms with Gasteiger partial charge in [0.25, 0.3) is 0 Å². The van der Waals surface area contributed by atoms with E-state index in [0.717, 1.165) is 191 Å². The maximum atomic E-state index is 11.8. The Hall–Kier alpha value is -11.3. The van der Waals surface area contributed by atoms with Gasteiger partial charge in [0.15, 0.2) is 11.6 Å².